The summed E-state index contributed by atoms with van der Waals surface area (Å²) in [6, 6.07) is -0.153. The lowest BCUT2D eigenvalue weighted by Gasteiger charge is -2.44. The Morgan fingerprint density at radius 2 is 1.82 bits per heavy atom. The maximum Gasteiger partial charge on any atom is 0.175 e. The predicted molar refractivity (Wildman–Crippen MR) is 82.3 cm³/mol. The van der Waals surface area contributed by atoms with Gasteiger partial charge in [0, 0.05) is 6.04 Å². The summed E-state index contributed by atoms with van der Waals surface area (Å²) in [5.74, 6) is 0.343. The number of aliphatic hydroxyl groups is 3. The molecule has 0 aromatic heterocycles. The number of nitrogens with one attached hydrogen (secondary N) is 1. The van der Waals surface area contributed by atoms with Crippen molar-refractivity contribution in [2.45, 2.75) is 82.6 Å². The van der Waals surface area contributed by atoms with Crippen LogP contribution >= 0.6 is 0 Å². The fourth-order valence-electron chi connectivity index (χ4n) is 3.23. The van der Waals surface area contributed by atoms with Crippen molar-refractivity contribution in [3.63, 3.8) is 0 Å². The zero-order valence-corrected chi connectivity index (χ0v) is 13.6. The van der Waals surface area contributed by atoms with E-state index < -0.39 is 30.6 Å². The highest BCUT2D eigenvalue weighted by Gasteiger charge is 2.45. The van der Waals surface area contributed by atoms with Gasteiger partial charge in [0.05, 0.1) is 19.3 Å². The van der Waals surface area contributed by atoms with E-state index in [1.54, 1.807) is 0 Å². The Hall–Kier alpha value is -0.240. The van der Waals surface area contributed by atoms with E-state index in [0.717, 1.165) is 12.8 Å². The molecular weight excluding hydrogens is 286 g/mol. The van der Waals surface area contributed by atoms with Crippen molar-refractivity contribution in [3.05, 3.63) is 0 Å². The number of hydrogen-bond acceptors (Lipinski definition) is 6. The molecule has 22 heavy (non-hydrogen) atoms. The predicted octanol–water partition coefficient (Wildman–Crippen LogP) is 0.389. The summed E-state index contributed by atoms with van der Waals surface area (Å²) in [6.07, 6.45) is 2.18. The number of aliphatic hydroxyl groups excluding tert-OH is 3. The van der Waals surface area contributed by atoms with E-state index in [4.69, 9.17) is 9.47 Å². The van der Waals surface area contributed by atoms with Crippen molar-refractivity contribution in [3.8, 4) is 0 Å². The van der Waals surface area contributed by atoms with Crippen LogP contribution in [0.25, 0.3) is 0 Å². The summed E-state index contributed by atoms with van der Waals surface area (Å²) in [5, 5.41) is 33.2. The molecule has 6 heteroatoms. The molecule has 0 aromatic rings. The van der Waals surface area contributed by atoms with Crippen LogP contribution in [-0.2, 0) is 9.47 Å². The molecule has 0 aromatic carbocycles. The van der Waals surface area contributed by atoms with Gasteiger partial charge >= 0.3 is 0 Å². The topological polar surface area (TPSA) is 91.2 Å². The third-order valence-corrected chi connectivity index (χ3v) is 4.51. The molecule has 130 valence electrons. The molecule has 0 radical (unpaired) electrons. The molecule has 4 N–H and O–H groups in total. The first-order valence-electron chi connectivity index (χ1n) is 8.53. The van der Waals surface area contributed by atoms with Crippen molar-refractivity contribution in [2.24, 2.45) is 5.92 Å². The third-order valence-electron chi connectivity index (χ3n) is 4.51. The summed E-state index contributed by atoms with van der Waals surface area (Å²) in [7, 11) is 0. The average Bonchev–Trinajstić information content (AvgIpc) is 2.52. The second-order valence-corrected chi connectivity index (χ2v) is 6.96. The molecule has 0 amide bonds. The van der Waals surface area contributed by atoms with Crippen LogP contribution in [0.4, 0.5) is 0 Å². The van der Waals surface area contributed by atoms with E-state index in [2.05, 4.69) is 5.32 Å². The highest BCUT2D eigenvalue weighted by atomic mass is 16.7. The second-order valence-electron chi connectivity index (χ2n) is 6.96. The van der Waals surface area contributed by atoms with E-state index in [-0.39, 0.29) is 6.61 Å². The minimum Gasteiger partial charge on any atom is -0.394 e. The molecule has 2 fully saturated rings. The van der Waals surface area contributed by atoms with Crippen molar-refractivity contribution >= 4 is 0 Å². The Bertz CT molecular complexity index is 322. The van der Waals surface area contributed by atoms with Gasteiger partial charge in [-0.3, -0.25) is 0 Å². The van der Waals surface area contributed by atoms with Crippen molar-refractivity contribution in [1.82, 2.24) is 5.32 Å². The zero-order valence-electron chi connectivity index (χ0n) is 13.6. The van der Waals surface area contributed by atoms with E-state index in [9.17, 15) is 15.3 Å². The third kappa shape index (κ3) is 4.63. The lowest BCUT2D eigenvalue weighted by Crippen LogP contribution is -2.65. The van der Waals surface area contributed by atoms with Gasteiger partial charge in [-0.1, -0.05) is 33.1 Å². The first-order valence-corrected chi connectivity index (χ1v) is 8.53. The molecule has 1 saturated heterocycles. The maximum absolute atomic E-state index is 10.4. The largest absolute Gasteiger partial charge is 0.394 e. The molecular formula is C16H31NO5. The molecule has 5 atom stereocenters. The first-order chi connectivity index (χ1) is 10.5. The molecule has 1 aliphatic carbocycles. The van der Waals surface area contributed by atoms with Crippen LogP contribution in [0.2, 0.25) is 0 Å². The Labute approximate surface area is 132 Å². The monoisotopic (exact) mass is 317 g/mol. The standard InChI is InChI=1S/C16H31NO5/c1-10(2)9-21-16-13(17-11-6-4-3-5-7-11)15(20)14(19)12(8-18)22-16/h10-20H,3-9H2,1-2H3/t12-,13+,14-,15+,16+/m1/s1. The van der Waals surface area contributed by atoms with E-state index in [1.807, 2.05) is 13.8 Å². The van der Waals surface area contributed by atoms with Gasteiger partial charge in [-0.05, 0) is 18.8 Å². The van der Waals surface area contributed by atoms with Crippen LogP contribution in [0.5, 0.6) is 0 Å². The van der Waals surface area contributed by atoms with E-state index in [0.29, 0.717) is 18.6 Å². The summed E-state index contributed by atoms with van der Waals surface area (Å²) in [6.45, 7) is 4.26. The lowest BCUT2D eigenvalue weighted by molar-refractivity contribution is -0.274. The van der Waals surface area contributed by atoms with E-state index in [1.165, 1.54) is 19.3 Å². The van der Waals surface area contributed by atoms with Crippen LogP contribution in [0, 0.1) is 5.92 Å². The van der Waals surface area contributed by atoms with Gasteiger partial charge < -0.3 is 30.1 Å². The summed E-state index contributed by atoms with van der Waals surface area (Å²) in [5.41, 5.74) is 0. The van der Waals surface area contributed by atoms with Gasteiger partial charge in [0.1, 0.15) is 18.3 Å². The smallest absolute Gasteiger partial charge is 0.175 e. The van der Waals surface area contributed by atoms with Crippen LogP contribution in [0.1, 0.15) is 46.0 Å². The van der Waals surface area contributed by atoms with Gasteiger partial charge in [0.25, 0.3) is 0 Å². The molecule has 1 saturated carbocycles. The first kappa shape index (κ1) is 18.1. The Balaban J connectivity index is 2.02. The summed E-state index contributed by atoms with van der Waals surface area (Å²) >= 11 is 0. The quantitative estimate of drug-likeness (QED) is 0.566. The summed E-state index contributed by atoms with van der Waals surface area (Å²) in [4.78, 5) is 0. The van der Waals surface area contributed by atoms with Gasteiger partial charge in [0.15, 0.2) is 6.29 Å². The van der Waals surface area contributed by atoms with E-state index >= 15 is 0 Å². The van der Waals surface area contributed by atoms with Gasteiger partial charge in [-0.25, -0.2) is 0 Å². The Morgan fingerprint density at radius 3 is 2.41 bits per heavy atom. The average molecular weight is 317 g/mol. The molecule has 0 bridgehead atoms. The normalized spacial score (nSPS) is 37.6. The highest BCUT2D eigenvalue weighted by Crippen LogP contribution is 2.25. The molecule has 2 aliphatic rings. The molecule has 1 heterocycles. The molecule has 6 nitrogen and oxygen atoms in total. The highest BCUT2D eigenvalue weighted by molar-refractivity contribution is 4.95. The zero-order chi connectivity index (χ0) is 16.1. The second kappa shape index (κ2) is 8.57. The minimum absolute atomic E-state index is 0.319. The Morgan fingerprint density at radius 1 is 1.14 bits per heavy atom. The van der Waals surface area contributed by atoms with Crippen LogP contribution < -0.4 is 5.32 Å². The van der Waals surface area contributed by atoms with Gasteiger partial charge in [-0.15, -0.1) is 0 Å². The fourth-order valence-corrected chi connectivity index (χ4v) is 3.23. The number of hydrogen-bond donors (Lipinski definition) is 4. The molecule has 2 rings (SSSR count). The van der Waals surface area contributed by atoms with Crippen molar-refractivity contribution < 1.29 is 24.8 Å². The van der Waals surface area contributed by atoms with Crippen LogP contribution in [0.3, 0.4) is 0 Å². The fraction of sp³-hybridized carbons (Fsp3) is 1.00. The molecule has 0 spiro atoms. The molecule has 1 aliphatic heterocycles. The van der Waals surface area contributed by atoms with Crippen LogP contribution in [-0.4, -0.2) is 65.2 Å². The Kier molecular flexibility index (Phi) is 7.05. The van der Waals surface area contributed by atoms with Gasteiger partial charge in [0.2, 0.25) is 0 Å². The molecule has 0 unspecified atom stereocenters. The minimum atomic E-state index is -1.11. The summed E-state index contributed by atoms with van der Waals surface area (Å²) < 4.78 is 11.5. The van der Waals surface area contributed by atoms with Crippen molar-refractivity contribution in [2.75, 3.05) is 13.2 Å². The van der Waals surface area contributed by atoms with Crippen molar-refractivity contribution in [1.29, 1.82) is 0 Å². The number of rotatable bonds is 6. The SMILES string of the molecule is CC(C)CO[C@H]1O[C@H](CO)[C@@H](O)[C@@H](O)[C@@H]1NC1CCCCC1. The van der Waals surface area contributed by atoms with Gasteiger partial charge in [-0.2, -0.15) is 0 Å². The van der Waals surface area contributed by atoms with Crippen LogP contribution in [0.15, 0.2) is 0 Å². The number of ether oxygens (including phenoxy) is 2. The maximum atomic E-state index is 10.4. The lowest BCUT2D eigenvalue weighted by atomic mass is 9.91.